The van der Waals surface area contributed by atoms with E-state index in [2.05, 4.69) is 20.5 Å². The molecule has 0 saturated heterocycles. The van der Waals surface area contributed by atoms with Crippen LogP contribution in [-0.2, 0) is 4.79 Å². The lowest BCUT2D eigenvalue weighted by Crippen LogP contribution is -2.27. The number of nitrogens with one attached hydrogen (secondary N) is 1. The lowest BCUT2D eigenvalue weighted by molar-refractivity contribution is -0.120. The first-order valence-corrected chi connectivity index (χ1v) is 10.0. The molecular weight excluding hydrogens is 376 g/mol. The van der Waals surface area contributed by atoms with Gasteiger partial charge in [0.25, 0.3) is 5.91 Å². The van der Waals surface area contributed by atoms with Crippen LogP contribution in [0.4, 0.5) is 0 Å². The number of rotatable bonds is 9. The Kier molecular flexibility index (Phi) is 8.25. The summed E-state index contributed by atoms with van der Waals surface area (Å²) in [5.41, 5.74) is 5.10. The summed E-state index contributed by atoms with van der Waals surface area (Å²) in [4.78, 5) is 21.0. The van der Waals surface area contributed by atoms with Gasteiger partial charge < -0.3 is 9.47 Å². The summed E-state index contributed by atoms with van der Waals surface area (Å²) >= 11 is 1.30. The fourth-order valence-electron chi connectivity index (χ4n) is 2.37. The van der Waals surface area contributed by atoms with Crippen LogP contribution >= 0.6 is 11.8 Å². The van der Waals surface area contributed by atoms with Crippen molar-refractivity contribution in [2.24, 2.45) is 5.10 Å². The van der Waals surface area contributed by atoms with Crippen molar-refractivity contribution >= 4 is 23.9 Å². The maximum Gasteiger partial charge on any atom is 0.253 e. The molecule has 0 fully saturated rings. The molecule has 0 unspecified atom stereocenters. The van der Waals surface area contributed by atoms with Gasteiger partial charge in [-0.15, -0.1) is 0 Å². The molecule has 2 rings (SSSR count). The summed E-state index contributed by atoms with van der Waals surface area (Å²) in [7, 11) is 0. The number of hydrazone groups is 1. The number of nitrogens with zero attached hydrogens (tertiary/aromatic N) is 3. The summed E-state index contributed by atoms with van der Waals surface area (Å²) in [6.07, 6.45) is 1.57. The van der Waals surface area contributed by atoms with E-state index in [1.165, 1.54) is 11.8 Å². The third kappa shape index (κ3) is 6.53. The molecule has 1 aromatic heterocycles. The Hall–Kier alpha value is -2.61. The fraction of sp³-hybridized carbons (Fsp3) is 0.400. The standard InChI is InChI=1S/C20H26N4O3S/c1-6-26-17-9-8-16(11-18(17)27-7-2)12-21-24-19(25)15(5)28-20-22-13(3)10-14(4)23-20/h8-12,15H,6-7H2,1-5H3,(H,24,25)/b21-12-/t15-/m1/s1. The first-order valence-electron chi connectivity index (χ1n) is 9.14. The highest BCUT2D eigenvalue weighted by atomic mass is 32.2. The van der Waals surface area contributed by atoms with Crippen LogP contribution in [-0.4, -0.2) is 40.6 Å². The van der Waals surface area contributed by atoms with Crippen molar-refractivity contribution in [3.05, 3.63) is 41.2 Å². The minimum Gasteiger partial charge on any atom is -0.490 e. The van der Waals surface area contributed by atoms with Gasteiger partial charge in [0.05, 0.1) is 24.7 Å². The van der Waals surface area contributed by atoms with Crippen molar-refractivity contribution in [2.45, 2.75) is 45.0 Å². The maximum absolute atomic E-state index is 12.3. The van der Waals surface area contributed by atoms with Crippen LogP contribution in [0.1, 0.15) is 37.7 Å². The highest BCUT2D eigenvalue weighted by molar-refractivity contribution is 8.00. The molecule has 0 aliphatic carbocycles. The predicted octanol–water partition coefficient (Wildman–Crippen LogP) is 3.52. The highest BCUT2D eigenvalue weighted by Crippen LogP contribution is 2.28. The van der Waals surface area contributed by atoms with E-state index in [0.717, 1.165) is 17.0 Å². The molecule has 1 N–H and O–H groups in total. The SMILES string of the molecule is CCOc1ccc(/C=N\NC(=O)[C@@H](C)Sc2nc(C)cc(C)n2)cc1OCC. The van der Waals surface area contributed by atoms with Crippen LogP contribution < -0.4 is 14.9 Å². The number of hydrogen-bond acceptors (Lipinski definition) is 7. The van der Waals surface area contributed by atoms with E-state index in [-0.39, 0.29) is 11.2 Å². The van der Waals surface area contributed by atoms with E-state index in [0.29, 0.717) is 29.9 Å². The van der Waals surface area contributed by atoms with Gasteiger partial charge in [-0.1, -0.05) is 11.8 Å². The van der Waals surface area contributed by atoms with Gasteiger partial charge in [-0.2, -0.15) is 5.10 Å². The Morgan fingerprint density at radius 1 is 1.14 bits per heavy atom. The summed E-state index contributed by atoms with van der Waals surface area (Å²) in [6.45, 7) is 10.5. The molecular formula is C20H26N4O3S. The second kappa shape index (κ2) is 10.7. The van der Waals surface area contributed by atoms with Gasteiger partial charge in [0.1, 0.15) is 0 Å². The third-order valence-electron chi connectivity index (χ3n) is 3.57. The number of ether oxygens (including phenoxy) is 2. The molecule has 1 heterocycles. The first kappa shape index (κ1) is 21.7. The Morgan fingerprint density at radius 2 is 1.79 bits per heavy atom. The Labute approximate surface area is 170 Å². The minimum atomic E-state index is -0.377. The molecule has 150 valence electrons. The molecule has 0 aliphatic rings. The van der Waals surface area contributed by atoms with E-state index in [1.54, 1.807) is 13.1 Å². The number of hydrogen-bond donors (Lipinski definition) is 1. The molecule has 0 spiro atoms. The number of thioether (sulfide) groups is 1. The number of carbonyl (C=O) groups excluding carboxylic acids is 1. The summed E-state index contributed by atoms with van der Waals surface area (Å²) in [5.74, 6) is 1.11. The molecule has 28 heavy (non-hydrogen) atoms. The number of carbonyl (C=O) groups is 1. The molecule has 0 bridgehead atoms. The largest absolute Gasteiger partial charge is 0.490 e. The third-order valence-corrected chi connectivity index (χ3v) is 4.53. The molecule has 0 radical (unpaired) electrons. The second-order valence-corrected chi connectivity index (χ2v) is 7.31. The zero-order chi connectivity index (χ0) is 20.5. The van der Waals surface area contributed by atoms with Gasteiger partial charge in [-0.25, -0.2) is 15.4 Å². The van der Waals surface area contributed by atoms with Crippen molar-refractivity contribution in [2.75, 3.05) is 13.2 Å². The van der Waals surface area contributed by atoms with Gasteiger partial charge in [0.15, 0.2) is 16.7 Å². The summed E-state index contributed by atoms with van der Waals surface area (Å²) in [6, 6.07) is 7.40. The van der Waals surface area contributed by atoms with Gasteiger partial charge in [-0.05, 0) is 64.4 Å². The van der Waals surface area contributed by atoms with Crippen molar-refractivity contribution < 1.29 is 14.3 Å². The summed E-state index contributed by atoms with van der Waals surface area (Å²) < 4.78 is 11.1. The van der Waals surface area contributed by atoms with E-state index in [4.69, 9.17) is 9.47 Å². The van der Waals surface area contributed by atoms with Crippen LogP contribution in [0.2, 0.25) is 0 Å². The quantitative estimate of drug-likeness (QED) is 0.299. The Bertz CT molecular complexity index is 822. The van der Waals surface area contributed by atoms with E-state index < -0.39 is 0 Å². The van der Waals surface area contributed by atoms with Crippen LogP contribution in [0.25, 0.3) is 0 Å². The van der Waals surface area contributed by atoms with Gasteiger partial charge >= 0.3 is 0 Å². The lowest BCUT2D eigenvalue weighted by atomic mass is 10.2. The number of amides is 1. The maximum atomic E-state index is 12.3. The number of aromatic nitrogens is 2. The number of aryl methyl sites for hydroxylation is 2. The average Bonchev–Trinajstić information content (AvgIpc) is 2.63. The zero-order valence-corrected chi connectivity index (χ0v) is 17.7. The molecule has 1 atom stereocenters. The van der Waals surface area contributed by atoms with Crippen molar-refractivity contribution in [3.63, 3.8) is 0 Å². The molecule has 0 saturated carbocycles. The first-order chi connectivity index (χ1) is 13.4. The molecule has 1 aromatic carbocycles. The summed E-state index contributed by atoms with van der Waals surface area (Å²) in [5, 5.41) is 4.24. The molecule has 8 heteroatoms. The molecule has 2 aromatic rings. The zero-order valence-electron chi connectivity index (χ0n) is 16.9. The van der Waals surface area contributed by atoms with Gasteiger partial charge in [0, 0.05) is 11.4 Å². The van der Waals surface area contributed by atoms with E-state index in [9.17, 15) is 4.79 Å². The topological polar surface area (TPSA) is 85.7 Å². The average molecular weight is 403 g/mol. The van der Waals surface area contributed by atoms with Gasteiger partial charge in [-0.3, -0.25) is 4.79 Å². The monoisotopic (exact) mass is 402 g/mol. The van der Waals surface area contributed by atoms with Crippen LogP contribution in [0.15, 0.2) is 34.5 Å². The Morgan fingerprint density at radius 3 is 2.43 bits per heavy atom. The minimum absolute atomic E-state index is 0.222. The second-order valence-electron chi connectivity index (χ2n) is 6.00. The smallest absolute Gasteiger partial charge is 0.253 e. The molecule has 1 amide bonds. The lowest BCUT2D eigenvalue weighted by Gasteiger charge is -2.11. The van der Waals surface area contributed by atoms with Gasteiger partial charge in [0.2, 0.25) is 0 Å². The van der Waals surface area contributed by atoms with Crippen LogP contribution in [0.5, 0.6) is 11.5 Å². The Balaban J connectivity index is 1.97. The van der Waals surface area contributed by atoms with E-state index in [1.807, 2.05) is 52.0 Å². The fourth-order valence-corrected chi connectivity index (χ4v) is 3.24. The molecule has 7 nitrogen and oxygen atoms in total. The highest BCUT2D eigenvalue weighted by Gasteiger charge is 2.16. The predicted molar refractivity (Wildman–Crippen MR) is 111 cm³/mol. The van der Waals surface area contributed by atoms with Crippen molar-refractivity contribution in [3.8, 4) is 11.5 Å². The van der Waals surface area contributed by atoms with Crippen LogP contribution in [0.3, 0.4) is 0 Å². The normalized spacial score (nSPS) is 12.0. The van der Waals surface area contributed by atoms with E-state index >= 15 is 0 Å². The van der Waals surface area contributed by atoms with Crippen molar-refractivity contribution in [1.82, 2.24) is 15.4 Å². The number of benzene rings is 1. The molecule has 0 aliphatic heterocycles. The van der Waals surface area contributed by atoms with Crippen molar-refractivity contribution in [1.29, 1.82) is 0 Å². The van der Waals surface area contributed by atoms with Crippen LogP contribution in [0, 0.1) is 13.8 Å².